The first-order chi connectivity index (χ1) is 12.8. The SMILES string of the molecule is CC1CC(C(=O)O)CN(C(=O)CCS(=O)(=O)c2ccc3c(c2)OCCO3)C1. The van der Waals surface area contributed by atoms with E-state index < -0.39 is 21.7 Å². The summed E-state index contributed by atoms with van der Waals surface area (Å²) in [5.41, 5.74) is 0. The molecule has 8 nitrogen and oxygen atoms in total. The predicted octanol–water partition coefficient (Wildman–Crippen LogP) is 1.19. The van der Waals surface area contributed by atoms with E-state index in [9.17, 15) is 23.1 Å². The highest BCUT2D eigenvalue weighted by atomic mass is 32.2. The minimum Gasteiger partial charge on any atom is -0.486 e. The summed E-state index contributed by atoms with van der Waals surface area (Å²) in [5.74, 6) is -1.27. The Kier molecular flexibility index (Phi) is 5.59. The van der Waals surface area contributed by atoms with E-state index in [0.717, 1.165) is 0 Å². The minimum absolute atomic E-state index is 0.0678. The second-order valence-electron chi connectivity index (χ2n) is 7.05. The van der Waals surface area contributed by atoms with Crippen molar-refractivity contribution >= 4 is 21.7 Å². The average molecular weight is 397 g/mol. The van der Waals surface area contributed by atoms with Crippen molar-refractivity contribution in [2.45, 2.75) is 24.7 Å². The number of hydrogen-bond donors (Lipinski definition) is 1. The molecule has 0 radical (unpaired) electrons. The molecule has 1 amide bonds. The van der Waals surface area contributed by atoms with E-state index in [4.69, 9.17) is 9.47 Å². The minimum atomic E-state index is -3.67. The molecule has 0 bridgehead atoms. The van der Waals surface area contributed by atoms with Crippen molar-refractivity contribution in [3.63, 3.8) is 0 Å². The molecule has 0 saturated carbocycles. The maximum atomic E-state index is 12.6. The molecule has 0 spiro atoms. The predicted molar refractivity (Wildman–Crippen MR) is 95.6 cm³/mol. The van der Waals surface area contributed by atoms with E-state index in [-0.39, 0.29) is 35.4 Å². The van der Waals surface area contributed by atoms with Gasteiger partial charge in [-0.05, 0) is 24.5 Å². The van der Waals surface area contributed by atoms with Crippen LogP contribution in [-0.4, -0.2) is 62.4 Å². The third-order valence-electron chi connectivity index (χ3n) is 4.82. The fraction of sp³-hybridized carbons (Fsp3) is 0.556. The van der Waals surface area contributed by atoms with Crippen LogP contribution < -0.4 is 9.47 Å². The number of hydrogen-bond acceptors (Lipinski definition) is 6. The van der Waals surface area contributed by atoms with Gasteiger partial charge in [0.2, 0.25) is 5.91 Å². The van der Waals surface area contributed by atoms with Crippen molar-refractivity contribution < 1.29 is 32.6 Å². The number of rotatable bonds is 5. The van der Waals surface area contributed by atoms with Crippen molar-refractivity contribution in [2.75, 3.05) is 32.1 Å². The molecule has 0 aliphatic carbocycles. The van der Waals surface area contributed by atoms with Gasteiger partial charge >= 0.3 is 5.97 Å². The molecule has 2 heterocycles. The second-order valence-corrected chi connectivity index (χ2v) is 9.16. The Hall–Kier alpha value is -2.29. The van der Waals surface area contributed by atoms with Crippen LogP contribution in [-0.2, 0) is 19.4 Å². The monoisotopic (exact) mass is 397 g/mol. The first-order valence-corrected chi connectivity index (χ1v) is 10.5. The molecule has 1 aromatic rings. The third-order valence-corrected chi connectivity index (χ3v) is 6.53. The standard InChI is InChI=1S/C18H23NO7S/c1-12-8-13(18(21)22)11-19(10-12)17(20)4-7-27(23,24)14-2-3-15-16(9-14)26-6-5-25-15/h2-3,9,12-13H,4-8,10-11H2,1H3,(H,21,22). The fourth-order valence-corrected chi connectivity index (χ4v) is 4.69. The molecule has 27 heavy (non-hydrogen) atoms. The Labute approximate surface area is 158 Å². The summed E-state index contributed by atoms with van der Waals surface area (Å²) < 4.78 is 35.9. The van der Waals surface area contributed by atoms with Crippen LogP contribution in [0.1, 0.15) is 19.8 Å². The molecule has 1 saturated heterocycles. The highest BCUT2D eigenvalue weighted by Gasteiger charge is 2.32. The van der Waals surface area contributed by atoms with E-state index >= 15 is 0 Å². The number of carboxylic acids is 1. The zero-order valence-corrected chi connectivity index (χ0v) is 15.9. The Bertz CT molecular complexity index is 836. The molecular weight excluding hydrogens is 374 g/mol. The molecular formula is C18H23NO7S. The lowest BCUT2D eigenvalue weighted by molar-refractivity contribution is -0.146. The fourth-order valence-electron chi connectivity index (χ4n) is 3.45. The van der Waals surface area contributed by atoms with Crippen molar-refractivity contribution in [3.05, 3.63) is 18.2 Å². The van der Waals surface area contributed by atoms with Crippen LogP contribution in [0.3, 0.4) is 0 Å². The van der Waals surface area contributed by atoms with E-state index in [1.54, 1.807) is 6.07 Å². The average Bonchev–Trinajstić information content (AvgIpc) is 2.65. The molecule has 1 fully saturated rings. The Morgan fingerprint density at radius 3 is 2.59 bits per heavy atom. The van der Waals surface area contributed by atoms with Gasteiger partial charge in [-0.25, -0.2) is 8.42 Å². The van der Waals surface area contributed by atoms with E-state index in [0.29, 0.717) is 37.7 Å². The molecule has 9 heteroatoms. The lowest BCUT2D eigenvalue weighted by Crippen LogP contribution is -2.45. The molecule has 2 aliphatic rings. The zero-order valence-electron chi connectivity index (χ0n) is 15.1. The second kappa shape index (κ2) is 7.75. The molecule has 148 valence electrons. The number of piperidine rings is 1. The number of ether oxygens (including phenoxy) is 2. The molecule has 2 unspecified atom stereocenters. The summed E-state index contributed by atoms with van der Waals surface area (Å²) in [6.07, 6.45) is 0.338. The first-order valence-electron chi connectivity index (χ1n) is 8.89. The van der Waals surface area contributed by atoms with Gasteiger partial charge in [-0.1, -0.05) is 6.92 Å². The highest BCUT2D eigenvalue weighted by Crippen LogP contribution is 2.32. The normalized spacial score (nSPS) is 22.3. The van der Waals surface area contributed by atoms with Crippen LogP contribution in [0.4, 0.5) is 0 Å². The lowest BCUT2D eigenvalue weighted by atomic mass is 9.90. The molecule has 1 aromatic carbocycles. The smallest absolute Gasteiger partial charge is 0.308 e. The van der Waals surface area contributed by atoms with Gasteiger partial charge in [0.05, 0.1) is 16.6 Å². The third kappa shape index (κ3) is 4.52. The van der Waals surface area contributed by atoms with Crippen molar-refractivity contribution in [1.82, 2.24) is 4.90 Å². The Balaban J connectivity index is 1.64. The summed E-state index contributed by atoms with van der Waals surface area (Å²) in [7, 11) is -3.67. The van der Waals surface area contributed by atoms with Gasteiger partial charge in [0, 0.05) is 25.6 Å². The zero-order chi connectivity index (χ0) is 19.6. The Morgan fingerprint density at radius 2 is 1.89 bits per heavy atom. The molecule has 3 rings (SSSR count). The summed E-state index contributed by atoms with van der Waals surface area (Å²) in [4.78, 5) is 25.2. The number of carboxylic acid groups (broad SMARTS) is 1. The van der Waals surface area contributed by atoms with Gasteiger partial charge in [-0.2, -0.15) is 0 Å². The number of benzene rings is 1. The molecule has 2 atom stereocenters. The summed E-state index contributed by atoms with van der Waals surface area (Å²) >= 11 is 0. The molecule has 0 aromatic heterocycles. The van der Waals surface area contributed by atoms with Crippen LogP contribution in [0.15, 0.2) is 23.1 Å². The molecule has 1 N–H and O–H groups in total. The molecule has 2 aliphatic heterocycles. The first kappa shape index (κ1) is 19.5. The summed E-state index contributed by atoms with van der Waals surface area (Å²) in [6.45, 7) is 3.24. The van der Waals surface area contributed by atoms with Crippen molar-refractivity contribution in [2.24, 2.45) is 11.8 Å². The largest absolute Gasteiger partial charge is 0.486 e. The number of likely N-dealkylation sites (tertiary alicyclic amines) is 1. The number of fused-ring (bicyclic) bond motifs is 1. The maximum absolute atomic E-state index is 12.6. The van der Waals surface area contributed by atoms with Crippen LogP contribution in [0.5, 0.6) is 11.5 Å². The van der Waals surface area contributed by atoms with Crippen molar-refractivity contribution in [1.29, 1.82) is 0 Å². The van der Waals surface area contributed by atoms with Crippen LogP contribution in [0.25, 0.3) is 0 Å². The summed E-state index contributed by atoms with van der Waals surface area (Å²) in [5, 5.41) is 9.20. The topological polar surface area (TPSA) is 110 Å². The van der Waals surface area contributed by atoms with E-state index in [1.807, 2.05) is 6.92 Å². The number of nitrogens with zero attached hydrogens (tertiary/aromatic N) is 1. The van der Waals surface area contributed by atoms with Crippen LogP contribution in [0.2, 0.25) is 0 Å². The number of aliphatic carboxylic acids is 1. The number of carbonyl (C=O) groups is 2. The maximum Gasteiger partial charge on any atom is 0.308 e. The van der Waals surface area contributed by atoms with Gasteiger partial charge in [0.25, 0.3) is 0 Å². The number of amides is 1. The summed E-state index contributed by atoms with van der Waals surface area (Å²) in [6, 6.07) is 4.40. The number of sulfone groups is 1. The highest BCUT2D eigenvalue weighted by molar-refractivity contribution is 7.91. The van der Waals surface area contributed by atoms with E-state index in [2.05, 4.69) is 0 Å². The van der Waals surface area contributed by atoms with Gasteiger partial charge < -0.3 is 19.5 Å². The van der Waals surface area contributed by atoms with Gasteiger partial charge in [-0.15, -0.1) is 0 Å². The van der Waals surface area contributed by atoms with E-state index in [1.165, 1.54) is 17.0 Å². The van der Waals surface area contributed by atoms with Crippen LogP contribution >= 0.6 is 0 Å². The van der Waals surface area contributed by atoms with Gasteiger partial charge in [-0.3, -0.25) is 9.59 Å². The van der Waals surface area contributed by atoms with Crippen molar-refractivity contribution in [3.8, 4) is 11.5 Å². The lowest BCUT2D eigenvalue weighted by Gasteiger charge is -2.34. The number of carbonyl (C=O) groups excluding carboxylic acids is 1. The Morgan fingerprint density at radius 1 is 1.19 bits per heavy atom. The quantitative estimate of drug-likeness (QED) is 0.795. The van der Waals surface area contributed by atoms with Gasteiger partial charge in [0.1, 0.15) is 13.2 Å². The van der Waals surface area contributed by atoms with Crippen LogP contribution in [0, 0.1) is 11.8 Å². The van der Waals surface area contributed by atoms with Gasteiger partial charge in [0.15, 0.2) is 21.3 Å².